The van der Waals surface area contributed by atoms with Gasteiger partial charge < -0.3 is 15.0 Å². The molecule has 0 saturated carbocycles. The number of carbonyl (C=O) groups excluding carboxylic acids is 1. The second-order valence-electron chi connectivity index (χ2n) is 5.91. The highest BCUT2D eigenvalue weighted by molar-refractivity contribution is 5.74. The predicted molar refractivity (Wildman–Crippen MR) is 84.8 cm³/mol. The zero-order valence-corrected chi connectivity index (χ0v) is 13.5. The Morgan fingerprint density at radius 3 is 2.50 bits per heavy atom. The molecule has 0 spiro atoms. The third-order valence-electron chi connectivity index (χ3n) is 4.00. The van der Waals surface area contributed by atoms with Gasteiger partial charge in [0.2, 0.25) is 0 Å². The van der Waals surface area contributed by atoms with Crippen molar-refractivity contribution in [3.8, 4) is 0 Å². The van der Waals surface area contributed by atoms with Crippen LogP contribution in [0.4, 0.5) is 18.0 Å². The van der Waals surface area contributed by atoms with Crippen molar-refractivity contribution < 1.29 is 22.7 Å². The number of hydrogen-bond donors (Lipinski definition) is 1. The van der Waals surface area contributed by atoms with Crippen LogP contribution in [0, 0.1) is 0 Å². The Hall–Kier alpha value is -1.76. The number of nitrogens with zero attached hydrogens (tertiary/aromatic N) is 1. The average Bonchev–Trinajstić information content (AvgIpc) is 2.57. The number of ether oxygens (including phenoxy) is 1. The number of alkyl halides is 3. The van der Waals surface area contributed by atoms with Crippen LogP contribution in [0.2, 0.25) is 0 Å². The quantitative estimate of drug-likeness (QED) is 0.804. The first-order valence-electron chi connectivity index (χ1n) is 8.18. The highest BCUT2D eigenvalue weighted by Gasteiger charge is 2.37. The van der Waals surface area contributed by atoms with Gasteiger partial charge in [-0.15, -0.1) is 0 Å². The van der Waals surface area contributed by atoms with Crippen molar-refractivity contribution in [2.45, 2.75) is 37.9 Å². The lowest BCUT2D eigenvalue weighted by Gasteiger charge is -2.34. The molecule has 0 bridgehead atoms. The maximum Gasteiger partial charge on any atom is 0.406 e. The summed E-state index contributed by atoms with van der Waals surface area (Å²) >= 11 is 0. The van der Waals surface area contributed by atoms with Crippen molar-refractivity contribution in [2.75, 3.05) is 26.3 Å². The van der Waals surface area contributed by atoms with Crippen molar-refractivity contribution in [2.24, 2.45) is 0 Å². The molecule has 0 aromatic heterocycles. The van der Waals surface area contributed by atoms with E-state index in [-0.39, 0.29) is 0 Å². The van der Waals surface area contributed by atoms with Gasteiger partial charge in [0, 0.05) is 25.8 Å². The van der Waals surface area contributed by atoms with Gasteiger partial charge in [0.1, 0.15) is 6.54 Å². The van der Waals surface area contributed by atoms with Crippen LogP contribution >= 0.6 is 0 Å². The lowest BCUT2D eigenvalue weighted by atomic mass is 10.1. The third-order valence-corrected chi connectivity index (χ3v) is 4.00. The van der Waals surface area contributed by atoms with Gasteiger partial charge in [-0.3, -0.25) is 0 Å². The molecule has 0 atom stereocenters. The van der Waals surface area contributed by atoms with E-state index in [2.05, 4.69) is 5.32 Å². The van der Waals surface area contributed by atoms with Crippen LogP contribution < -0.4 is 5.32 Å². The summed E-state index contributed by atoms with van der Waals surface area (Å²) in [5, 5.41) is 2.62. The number of carbonyl (C=O) groups is 1. The molecule has 1 aliphatic rings. The van der Waals surface area contributed by atoms with Crippen molar-refractivity contribution in [3.05, 3.63) is 35.9 Å². The molecule has 0 unspecified atom stereocenters. The summed E-state index contributed by atoms with van der Waals surface area (Å²) in [7, 11) is 0. The summed E-state index contributed by atoms with van der Waals surface area (Å²) < 4.78 is 43.5. The number of nitrogens with one attached hydrogen (secondary N) is 1. The first-order valence-corrected chi connectivity index (χ1v) is 8.18. The largest absolute Gasteiger partial charge is 0.406 e. The number of hydrogen-bond acceptors (Lipinski definition) is 2. The Morgan fingerprint density at radius 1 is 1.21 bits per heavy atom. The minimum Gasteiger partial charge on any atom is -0.381 e. The van der Waals surface area contributed by atoms with Gasteiger partial charge >= 0.3 is 12.2 Å². The van der Waals surface area contributed by atoms with E-state index in [1.54, 1.807) is 0 Å². The highest BCUT2D eigenvalue weighted by Crippen LogP contribution is 2.22. The van der Waals surface area contributed by atoms with E-state index in [0.717, 1.165) is 16.9 Å². The average molecular weight is 344 g/mol. The van der Waals surface area contributed by atoms with Gasteiger partial charge in [-0.05, 0) is 31.2 Å². The molecule has 0 radical (unpaired) electrons. The fourth-order valence-electron chi connectivity index (χ4n) is 2.79. The van der Waals surface area contributed by atoms with E-state index >= 15 is 0 Å². The molecule has 1 heterocycles. The summed E-state index contributed by atoms with van der Waals surface area (Å²) in [6, 6.07) is 8.70. The normalized spacial score (nSPS) is 16.0. The SMILES string of the molecule is O=C(NCCCc1ccccc1)N(CC(F)(F)F)C1CCOCC1. The van der Waals surface area contributed by atoms with Crippen LogP contribution in [-0.4, -0.2) is 49.5 Å². The molecule has 1 saturated heterocycles. The molecule has 1 N–H and O–H groups in total. The summed E-state index contributed by atoms with van der Waals surface area (Å²) in [4.78, 5) is 13.1. The molecule has 1 aliphatic heterocycles. The van der Waals surface area contributed by atoms with E-state index < -0.39 is 24.8 Å². The van der Waals surface area contributed by atoms with Gasteiger partial charge in [-0.1, -0.05) is 30.3 Å². The maximum absolute atomic E-state index is 12.8. The van der Waals surface area contributed by atoms with Gasteiger partial charge in [0.25, 0.3) is 0 Å². The number of urea groups is 1. The van der Waals surface area contributed by atoms with Gasteiger partial charge in [-0.2, -0.15) is 13.2 Å². The Bertz CT molecular complexity index is 502. The molecule has 7 heteroatoms. The number of amides is 2. The van der Waals surface area contributed by atoms with Crippen LogP contribution in [0.25, 0.3) is 0 Å². The second kappa shape index (κ2) is 8.92. The van der Waals surface area contributed by atoms with Crippen LogP contribution in [0.3, 0.4) is 0 Å². The molecule has 2 amide bonds. The van der Waals surface area contributed by atoms with Crippen molar-refractivity contribution in [1.82, 2.24) is 10.2 Å². The summed E-state index contributed by atoms with van der Waals surface area (Å²) in [5.74, 6) is 0. The molecule has 134 valence electrons. The van der Waals surface area contributed by atoms with Gasteiger partial charge in [0.15, 0.2) is 0 Å². The van der Waals surface area contributed by atoms with E-state index in [1.807, 2.05) is 30.3 Å². The van der Waals surface area contributed by atoms with E-state index in [0.29, 0.717) is 39.0 Å². The zero-order chi connectivity index (χ0) is 17.4. The monoisotopic (exact) mass is 344 g/mol. The molecule has 4 nitrogen and oxygen atoms in total. The number of aryl methyl sites for hydroxylation is 1. The lowest BCUT2D eigenvalue weighted by Crippen LogP contribution is -2.51. The molecule has 2 rings (SSSR count). The third kappa shape index (κ3) is 6.39. The number of halogens is 3. The van der Waals surface area contributed by atoms with Crippen molar-refractivity contribution >= 4 is 6.03 Å². The minimum atomic E-state index is -4.40. The molecule has 24 heavy (non-hydrogen) atoms. The molecular formula is C17H23F3N2O2. The first kappa shape index (κ1) is 18.6. The molecule has 0 aliphatic carbocycles. The first-order chi connectivity index (χ1) is 11.5. The van der Waals surface area contributed by atoms with Crippen molar-refractivity contribution in [3.63, 3.8) is 0 Å². The van der Waals surface area contributed by atoms with E-state index in [9.17, 15) is 18.0 Å². The maximum atomic E-state index is 12.8. The lowest BCUT2D eigenvalue weighted by molar-refractivity contribution is -0.146. The van der Waals surface area contributed by atoms with E-state index in [1.165, 1.54) is 0 Å². The zero-order valence-electron chi connectivity index (χ0n) is 13.5. The second-order valence-corrected chi connectivity index (χ2v) is 5.91. The minimum absolute atomic E-state index is 0.352. The number of rotatable bonds is 6. The fraction of sp³-hybridized carbons (Fsp3) is 0.588. The highest BCUT2D eigenvalue weighted by atomic mass is 19.4. The Kier molecular flexibility index (Phi) is 6.90. The Morgan fingerprint density at radius 2 is 1.88 bits per heavy atom. The predicted octanol–water partition coefficient (Wildman–Crippen LogP) is 3.37. The molecular weight excluding hydrogens is 321 g/mol. The van der Waals surface area contributed by atoms with Gasteiger partial charge in [0.05, 0.1) is 0 Å². The number of benzene rings is 1. The summed E-state index contributed by atoms with van der Waals surface area (Å²) in [6.07, 6.45) is -2.07. The van der Waals surface area contributed by atoms with Crippen molar-refractivity contribution in [1.29, 1.82) is 0 Å². The summed E-state index contributed by atoms with van der Waals surface area (Å²) in [6.45, 7) is -0.0892. The smallest absolute Gasteiger partial charge is 0.381 e. The molecule has 1 fully saturated rings. The van der Waals surface area contributed by atoms with Crippen LogP contribution in [-0.2, 0) is 11.2 Å². The fourth-order valence-corrected chi connectivity index (χ4v) is 2.79. The van der Waals surface area contributed by atoms with Crippen LogP contribution in [0.1, 0.15) is 24.8 Å². The Labute approximate surface area is 140 Å². The standard InChI is InChI=1S/C17H23F3N2O2/c18-17(19,20)13-22(15-8-11-24-12-9-15)16(23)21-10-4-7-14-5-2-1-3-6-14/h1-3,5-6,15H,4,7-13H2,(H,21,23). The molecule has 1 aromatic rings. The Balaban J connectivity index is 1.82. The van der Waals surface area contributed by atoms with Crippen LogP contribution in [0.5, 0.6) is 0 Å². The van der Waals surface area contributed by atoms with Crippen LogP contribution in [0.15, 0.2) is 30.3 Å². The topological polar surface area (TPSA) is 41.6 Å². The summed E-state index contributed by atoms with van der Waals surface area (Å²) in [5.41, 5.74) is 1.14. The van der Waals surface area contributed by atoms with E-state index in [4.69, 9.17) is 4.74 Å². The van der Waals surface area contributed by atoms with Gasteiger partial charge in [-0.25, -0.2) is 4.79 Å². The molecule has 1 aromatic carbocycles.